The molecule has 3 heteroatoms. The Labute approximate surface area is 87.4 Å². The van der Waals surface area contributed by atoms with Crippen LogP contribution in [0.4, 0.5) is 0 Å². The van der Waals surface area contributed by atoms with Crippen molar-refractivity contribution in [3.8, 4) is 0 Å². The molecule has 0 fully saturated rings. The van der Waals surface area contributed by atoms with Gasteiger partial charge in [-0.2, -0.15) is 0 Å². The molecule has 0 aliphatic carbocycles. The zero-order valence-corrected chi connectivity index (χ0v) is 8.74. The molecule has 1 atom stereocenters. The Morgan fingerprint density at radius 3 is 2.73 bits per heavy atom. The first kappa shape index (κ1) is 9.93. The van der Waals surface area contributed by atoms with Gasteiger partial charge in [0, 0.05) is 11.1 Å². The molecule has 0 saturated carbocycles. The molecular weight excluding hydrogens is 190 g/mol. The van der Waals surface area contributed by atoms with Gasteiger partial charge in [-0.15, -0.1) is 0 Å². The zero-order valence-electron chi connectivity index (χ0n) is 8.74. The Morgan fingerprint density at radius 1 is 1.33 bits per heavy atom. The van der Waals surface area contributed by atoms with Gasteiger partial charge in [0.25, 0.3) is 5.56 Å². The number of aliphatic hydroxyl groups excluding tert-OH is 1. The summed E-state index contributed by atoms with van der Waals surface area (Å²) in [7, 11) is 0. The van der Waals surface area contributed by atoms with Crippen molar-refractivity contribution in [1.82, 2.24) is 4.98 Å². The molecule has 15 heavy (non-hydrogen) atoms. The summed E-state index contributed by atoms with van der Waals surface area (Å²) < 4.78 is 0. The standard InChI is InChI=1S/C12H13NO2/c1-7-3-4-9-6-10(8(2)14)12(15)13-11(9)5-7/h3-6,8,14H,1-2H3,(H,13,15). The van der Waals surface area contributed by atoms with Crippen molar-refractivity contribution in [1.29, 1.82) is 0 Å². The highest BCUT2D eigenvalue weighted by atomic mass is 16.3. The van der Waals surface area contributed by atoms with Crippen LogP contribution in [-0.4, -0.2) is 10.1 Å². The smallest absolute Gasteiger partial charge is 0.254 e. The van der Waals surface area contributed by atoms with E-state index in [1.165, 1.54) is 0 Å². The Bertz CT molecular complexity index is 555. The number of aliphatic hydroxyl groups is 1. The third-order valence-corrected chi connectivity index (χ3v) is 2.48. The average Bonchev–Trinajstić information content (AvgIpc) is 2.15. The molecule has 1 aromatic carbocycles. The number of aryl methyl sites for hydroxylation is 1. The third kappa shape index (κ3) is 1.78. The average molecular weight is 203 g/mol. The van der Waals surface area contributed by atoms with E-state index in [1.807, 2.05) is 25.1 Å². The maximum atomic E-state index is 11.6. The summed E-state index contributed by atoms with van der Waals surface area (Å²) in [6.07, 6.45) is -0.737. The van der Waals surface area contributed by atoms with E-state index in [-0.39, 0.29) is 5.56 Å². The quantitative estimate of drug-likeness (QED) is 0.743. The Morgan fingerprint density at radius 2 is 2.07 bits per heavy atom. The van der Waals surface area contributed by atoms with Gasteiger partial charge in [0.15, 0.2) is 0 Å². The predicted octanol–water partition coefficient (Wildman–Crippen LogP) is 1.89. The lowest BCUT2D eigenvalue weighted by Crippen LogP contribution is -2.14. The number of pyridine rings is 1. The molecule has 78 valence electrons. The number of benzene rings is 1. The van der Waals surface area contributed by atoms with Crippen LogP contribution in [-0.2, 0) is 0 Å². The highest BCUT2D eigenvalue weighted by Gasteiger charge is 2.07. The van der Waals surface area contributed by atoms with Crippen LogP contribution < -0.4 is 5.56 Å². The van der Waals surface area contributed by atoms with Crippen LogP contribution in [0.25, 0.3) is 10.9 Å². The Hall–Kier alpha value is -1.61. The summed E-state index contributed by atoms with van der Waals surface area (Å²) in [6.45, 7) is 3.56. The summed E-state index contributed by atoms with van der Waals surface area (Å²) in [5, 5.41) is 10.3. The molecule has 0 radical (unpaired) electrons. The van der Waals surface area contributed by atoms with Gasteiger partial charge >= 0.3 is 0 Å². The van der Waals surface area contributed by atoms with E-state index in [0.717, 1.165) is 16.5 Å². The van der Waals surface area contributed by atoms with Gasteiger partial charge in [-0.05, 0) is 36.9 Å². The lowest BCUT2D eigenvalue weighted by molar-refractivity contribution is 0.198. The highest BCUT2D eigenvalue weighted by molar-refractivity contribution is 5.79. The second-order valence-corrected chi connectivity index (χ2v) is 3.82. The number of aromatic nitrogens is 1. The van der Waals surface area contributed by atoms with E-state index >= 15 is 0 Å². The van der Waals surface area contributed by atoms with Gasteiger partial charge in [0.1, 0.15) is 0 Å². The van der Waals surface area contributed by atoms with Crippen molar-refractivity contribution in [2.75, 3.05) is 0 Å². The third-order valence-electron chi connectivity index (χ3n) is 2.48. The molecule has 2 N–H and O–H groups in total. The van der Waals surface area contributed by atoms with Crippen molar-refractivity contribution in [2.45, 2.75) is 20.0 Å². The van der Waals surface area contributed by atoms with Gasteiger partial charge in [-0.1, -0.05) is 12.1 Å². The van der Waals surface area contributed by atoms with E-state index in [4.69, 9.17) is 0 Å². The minimum absolute atomic E-state index is 0.219. The molecule has 0 bridgehead atoms. The fourth-order valence-electron chi connectivity index (χ4n) is 1.64. The first-order chi connectivity index (χ1) is 7.08. The maximum Gasteiger partial charge on any atom is 0.254 e. The molecule has 1 unspecified atom stereocenters. The largest absolute Gasteiger partial charge is 0.388 e. The minimum atomic E-state index is -0.737. The van der Waals surface area contributed by atoms with Gasteiger partial charge in [-0.3, -0.25) is 4.79 Å². The van der Waals surface area contributed by atoms with Gasteiger partial charge in [-0.25, -0.2) is 0 Å². The topological polar surface area (TPSA) is 53.1 Å². The lowest BCUT2D eigenvalue weighted by atomic mass is 10.1. The fraction of sp³-hybridized carbons (Fsp3) is 0.250. The number of hydrogen-bond donors (Lipinski definition) is 2. The summed E-state index contributed by atoms with van der Waals surface area (Å²) >= 11 is 0. The molecule has 0 aliphatic heterocycles. The predicted molar refractivity (Wildman–Crippen MR) is 59.9 cm³/mol. The Balaban J connectivity index is 2.76. The summed E-state index contributed by atoms with van der Waals surface area (Å²) in [6, 6.07) is 7.57. The van der Waals surface area contributed by atoms with Crippen LogP contribution >= 0.6 is 0 Å². The monoisotopic (exact) mass is 203 g/mol. The molecular formula is C12H13NO2. The summed E-state index contributed by atoms with van der Waals surface area (Å²) in [5.74, 6) is 0. The van der Waals surface area contributed by atoms with Crippen molar-refractivity contribution in [3.63, 3.8) is 0 Å². The van der Waals surface area contributed by atoms with E-state index in [9.17, 15) is 9.90 Å². The van der Waals surface area contributed by atoms with Crippen LogP contribution in [0.15, 0.2) is 29.1 Å². The highest BCUT2D eigenvalue weighted by Crippen LogP contribution is 2.15. The van der Waals surface area contributed by atoms with Crippen molar-refractivity contribution in [3.05, 3.63) is 45.7 Å². The lowest BCUT2D eigenvalue weighted by Gasteiger charge is -2.05. The molecule has 2 rings (SSSR count). The number of nitrogens with one attached hydrogen (secondary N) is 1. The van der Waals surface area contributed by atoms with Crippen molar-refractivity contribution in [2.24, 2.45) is 0 Å². The van der Waals surface area contributed by atoms with Gasteiger partial charge in [0.2, 0.25) is 0 Å². The minimum Gasteiger partial charge on any atom is -0.388 e. The maximum absolute atomic E-state index is 11.6. The number of hydrogen-bond acceptors (Lipinski definition) is 2. The van der Waals surface area contributed by atoms with Crippen molar-refractivity contribution < 1.29 is 5.11 Å². The SMILES string of the molecule is Cc1ccc2cc(C(C)O)c(=O)[nH]c2c1. The summed E-state index contributed by atoms with van der Waals surface area (Å²) in [5.41, 5.74) is 2.10. The first-order valence-corrected chi connectivity index (χ1v) is 4.89. The number of rotatable bonds is 1. The molecule has 0 spiro atoms. The molecule has 1 aromatic heterocycles. The number of aromatic amines is 1. The molecule has 0 aliphatic rings. The molecule has 0 amide bonds. The molecule has 3 nitrogen and oxygen atoms in total. The van der Waals surface area contributed by atoms with Gasteiger partial charge < -0.3 is 10.1 Å². The number of fused-ring (bicyclic) bond motifs is 1. The summed E-state index contributed by atoms with van der Waals surface area (Å²) in [4.78, 5) is 14.3. The zero-order chi connectivity index (χ0) is 11.0. The van der Waals surface area contributed by atoms with E-state index in [0.29, 0.717) is 5.56 Å². The van der Waals surface area contributed by atoms with Crippen LogP contribution in [0, 0.1) is 6.92 Å². The first-order valence-electron chi connectivity index (χ1n) is 4.89. The van der Waals surface area contributed by atoms with E-state index < -0.39 is 6.10 Å². The molecule has 0 saturated heterocycles. The molecule has 2 aromatic rings. The van der Waals surface area contributed by atoms with Crippen LogP contribution in [0.3, 0.4) is 0 Å². The van der Waals surface area contributed by atoms with Crippen LogP contribution in [0.2, 0.25) is 0 Å². The second-order valence-electron chi connectivity index (χ2n) is 3.82. The fourth-order valence-corrected chi connectivity index (χ4v) is 1.64. The van der Waals surface area contributed by atoms with Crippen LogP contribution in [0.5, 0.6) is 0 Å². The van der Waals surface area contributed by atoms with Crippen molar-refractivity contribution >= 4 is 10.9 Å². The van der Waals surface area contributed by atoms with E-state index in [2.05, 4.69) is 4.98 Å². The number of H-pyrrole nitrogens is 1. The second kappa shape index (κ2) is 3.51. The van der Waals surface area contributed by atoms with Gasteiger partial charge in [0.05, 0.1) is 6.10 Å². The van der Waals surface area contributed by atoms with E-state index in [1.54, 1.807) is 13.0 Å². The normalized spacial score (nSPS) is 13.0. The molecule has 1 heterocycles. The van der Waals surface area contributed by atoms with Crippen LogP contribution in [0.1, 0.15) is 24.2 Å². The Kier molecular flexibility index (Phi) is 2.32.